The molecule has 0 atom stereocenters. The van der Waals surface area contributed by atoms with Crippen LogP contribution in [0.5, 0.6) is 0 Å². The summed E-state index contributed by atoms with van der Waals surface area (Å²) >= 11 is 12.0. The molecule has 0 unspecified atom stereocenters. The number of hydrogen-bond acceptors (Lipinski definition) is 3. The van der Waals surface area contributed by atoms with E-state index >= 15 is 0 Å². The molecule has 1 aromatic heterocycles. The van der Waals surface area contributed by atoms with Crippen molar-refractivity contribution >= 4 is 60.6 Å². The lowest BCUT2D eigenvalue weighted by Gasteiger charge is -2.12. The molecule has 0 spiro atoms. The van der Waals surface area contributed by atoms with Gasteiger partial charge in [-0.1, -0.05) is 28.1 Å². The smallest absolute Gasteiger partial charge is 0.140 e. The van der Waals surface area contributed by atoms with E-state index in [0.717, 1.165) is 25.9 Å². The summed E-state index contributed by atoms with van der Waals surface area (Å²) in [6.45, 7) is 1.92. The molecule has 0 bridgehead atoms. The first-order chi connectivity index (χ1) is 8.97. The molecule has 2 aromatic rings. The highest BCUT2D eigenvalue weighted by atomic mass is 79.9. The van der Waals surface area contributed by atoms with Crippen LogP contribution in [-0.4, -0.2) is 9.97 Å². The van der Waals surface area contributed by atoms with Crippen molar-refractivity contribution in [3.8, 4) is 0 Å². The first-order valence-corrected chi connectivity index (χ1v) is 7.46. The van der Waals surface area contributed by atoms with Gasteiger partial charge in [0.2, 0.25) is 0 Å². The Morgan fingerprint density at radius 2 is 2.00 bits per heavy atom. The van der Waals surface area contributed by atoms with Gasteiger partial charge in [0.25, 0.3) is 0 Å². The summed E-state index contributed by atoms with van der Waals surface area (Å²) < 4.78 is 1.93. The molecule has 0 aliphatic rings. The van der Waals surface area contributed by atoms with Crippen LogP contribution in [0.1, 0.15) is 11.3 Å². The zero-order chi connectivity index (χ0) is 14.0. The average Bonchev–Trinajstić information content (AvgIpc) is 2.32. The van der Waals surface area contributed by atoms with Gasteiger partial charge in [-0.15, -0.1) is 0 Å². The molecule has 0 aliphatic heterocycles. The Hall–Kier alpha value is -0.980. The first-order valence-electron chi connectivity index (χ1n) is 5.47. The number of hydrogen-bond donors (Lipinski definition) is 2. The summed E-state index contributed by atoms with van der Waals surface area (Å²) in [6, 6.07) is 9.61. The van der Waals surface area contributed by atoms with Crippen molar-refractivity contribution in [2.24, 2.45) is 5.73 Å². The van der Waals surface area contributed by atoms with Crippen LogP contribution in [0.3, 0.4) is 0 Å². The third-order valence-corrected chi connectivity index (χ3v) is 3.85. The second-order valence-electron chi connectivity index (χ2n) is 3.96. The van der Waals surface area contributed by atoms with Crippen molar-refractivity contribution in [2.75, 3.05) is 5.32 Å². The van der Waals surface area contributed by atoms with Gasteiger partial charge >= 0.3 is 0 Å². The van der Waals surface area contributed by atoms with E-state index in [0.29, 0.717) is 10.8 Å². The molecular formula is C13H11Br2N3S. The van der Waals surface area contributed by atoms with Gasteiger partial charge in [0.1, 0.15) is 10.8 Å². The van der Waals surface area contributed by atoms with Crippen molar-refractivity contribution in [1.29, 1.82) is 0 Å². The van der Waals surface area contributed by atoms with E-state index in [-0.39, 0.29) is 0 Å². The largest absolute Gasteiger partial charge is 0.389 e. The quantitative estimate of drug-likeness (QED) is 0.754. The van der Waals surface area contributed by atoms with Crippen molar-refractivity contribution in [3.05, 3.63) is 50.5 Å². The lowest BCUT2D eigenvalue weighted by molar-refractivity contribution is 1.19. The molecular weight excluding hydrogens is 390 g/mol. The van der Waals surface area contributed by atoms with Gasteiger partial charge in [-0.25, -0.2) is 4.98 Å². The second-order valence-corrected chi connectivity index (χ2v) is 6.17. The van der Waals surface area contributed by atoms with Gasteiger partial charge in [-0.2, -0.15) is 0 Å². The van der Waals surface area contributed by atoms with E-state index in [4.69, 9.17) is 18.0 Å². The van der Waals surface area contributed by atoms with Crippen LogP contribution in [0.2, 0.25) is 0 Å². The van der Waals surface area contributed by atoms with Crippen LogP contribution in [0, 0.1) is 6.92 Å². The maximum atomic E-state index is 5.71. The normalized spacial score (nSPS) is 10.3. The fourth-order valence-electron chi connectivity index (χ4n) is 1.57. The van der Waals surface area contributed by atoms with Crippen LogP contribution in [0.15, 0.2) is 39.3 Å². The van der Waals surface area contributed by atoms with Crippen molar-refractivity contribution in [2.45, 2.75) is 6.92 Å². The third-order valence-electron chi connectivity index (χ3n) is 2.48. The number of pyridine rings is 1. The lowest BCUT2D eigenvalue weighted by atomic mass is 10.2. The Balaban J connectivity index is 2.42. The Morgan fingerprint density at radius 3 is 2.63 bits per heavy atom. The van der Waals surface area contributed by atoms with Crippen molar-refractivity contribution in [1.82, 2.24) is 4.98 Å². The minimum Gasteiger partial charge on any atom is -0.389 e. The van der Waals surface area contributed by atoms with Crippen LogP contribution < -0.4 is 11.1 Å². The minimum absolute atomic E-state index is 0.322. The highest BCUT2D eigenvalue weighted by Gasteiger charge is 2.09. The van der Waals surface area contributed by atoms with E-state index in [2.05, 4.69) is 42.2 Å². The molecule has 1 heterocycles. The van der Waals surface area contributed by atoms with Gasteiger partial charge in [-0.05, 0) is 53.2 Å². The highest BCUT2D eigenvalue weighted by Crippen LogP contribution is 2.29. The number of nitrogens with zero attached hydrogens (tertiary/aromatic N) is 1. The van der Waals surface area contributed by atoms with Crippen LogP contribution >= 0.6 is 44.1 Å². The molecule has 1 aromatic carbocycles. The maximum Gasteiger partial charge on any atom is 0.140 e. The zero-order valence-electron chi connectivity index (χ0n) is 10.1. The summed E-state index contributed by atoms with van der Waals surface area (Å²) in [6.07, 6.45) is 0. The SMILES string of the molecule is Cc1ccc(C(N)=S)c(Nc2ccc(Br)cc2Br)n1. The van der Waals surface area contributed by atoms with Gasteiger partial charge in [-0.3, -0.25) is 0 Å². The van der Waals surface area contributed by atoms with Crippen LogP contribution in [0.25, 0.3) is 0 Å². The number of aryl methyl sites for hydroxylation is 1. The monoisotopic (exact) mass is 399 g/mol. The summed E-state index contributed by atoms with van der Waals surface area (Å²) in [5.41, 5.74) is 8.25. The number of nitrogens with one attached hydrogen (secondary N) is 1. The Bertz CT molecular complexity index is 644. The van der Waals surface area contributed by atoms with Gasteiger partial charge in [0, 0.05) is 14.6 Å². The molecule has 19 heavy (non-hydrogen) atoms. The van der Waals surface area contributed by atoms with Gasteiger partial charge < -0.3 is 11.1 Å². The topological polar surface area (TPSA) is 50.9 Å². The minimum atomic E-state index is 0.322. The number of rotatable bonds is 3. The average molecular weight is 401 g/mol. The predicted molar refractivity (Wildman–Crippen MR) is 90.0 cm³/mol. The van der Waals surface area contributed by atoms with Crippen molar-refractivity contribution in [3.63, 3.8) is 0 Å². The zero-order valence-corrected chi connectivity index (χ0v) is 14.1. The van der Waals surface area contributed by atoms with E-state index < -0.39 is 0 Å². The molecule has 2 rings (SSSR count). The molecule has 0 radical (unpaired) electrons. The number of halogens is 2. The Morgan fingerprint density at radius 1 is 1.26 bits per heavy atom. The second kappa shape index (κ2) is 5.98. The molecule has 0 saturated carbocycles. The molecule has 3 N–H and O–H groups in total. The summed E-state index contributed by atoms with van der Waals surface area (Å²) in [7, 11) is 0. The predicted octanol–water partition coefficient (Wildman–Crippen LogP) is 4.29. The fourth-order valence-corrected chi connectivity index (χ4v) is 2.88. The van der Waals surface area contributed by atoms with Crippen molar-refractivity contribution < 1.29 is 0 Å². The molecule has 98 valence electrons. The van der Waals surface area contributed by atoms with Crippen LogP contribution in [0.4, 0.5) is 11.5 Å². The van der Waals surface area contributed by atoms with Gasteiger partial charge in [0.15, 0.2) is 0 Å². The third kappa shape index (κ3) is 3.52. The molecule has 0 amide bonds. The fraction of sp³-hybridized carbons (Fsp3) is 0.0769. The van der Waals surface area contributed by atoms with E-state index in [1.54, 1.807) is 0 Å². The number of nitrogens with two attached hydrogens (primary N) is 1. The number of aromatic nitrogens is 1. The van der Waals surface area contributed by atoms with E-state index in [1.807, 2.05) is 37.3 Å². The summed E-state index contributed by atoms with van der Waals surface area (Å²) in [5.74, 6) is 0.663. The van der Waals surface area contributed by atoms with E-state index in [1.165, 1.54) is 0 Å². The molecule has 0 fully saturated rings. The molecule has 0 saturated heterocycles. The number of anilines is 2. The van der Waals surface area contributed by atoms with Crippen LogP contribution in [-0.2, 0) is 0 Å². The van der Waals surface area contributed by atoms with Gasteiger partial charge in [0.05, 0.1) is 11.3 Å². The summed E-state index contributed by atoms with van der Waals surface area (Å²) in [4.78, 5) is 4.76. The Kier molecular flexibility index (Phi) is 4.54. The molecule has 6 heteroatoms. The maximum absolute atomic E-state index is 5.71. The molecule has 3 nitrogen and oxygen atoms in total. The van der Waals surface area contributed by atoms with E-state index in [9.17, 15) is 0 Å². The lowest BCUT2D eigenvalue weighted by Crippen LogP contribution is -2.13. The standard InChI is InChI=1S/C13H11Br2N3S/c1-7-2-4-9(12(16)19)13(17-7)18-11-5-3-8(14)6-10(11)15/h2-6H,1H3,(H2,16,19)(H,17,18). The highest BCUT2D eigenvalue weighted by molar-refractivity contribution is 9.11. The number of benzene rings is 1. The molecule has 0 aliphatic carbocycles. The first kappa shape index (κ1) is 14.4. The summed E-state index contributed by atoms with van der Waals surface area (Å²) in [5, 5.41) is 3.24. The Labute approximate surface area is 133 Å². The number of thiocarbonyl (C=S) groups is 1.